The first kappa shape index (κ1) is 15.4. The highest BCUT2D eigenvalue weighted by atomic mass is 16.3. The first-order valence-electron chi connectivity index (χ1n) is 6.71. The van der Waals surface area contributed by atoms with E-state index in [1.165, 1.54) is 0 Å². The van der Waals surface area contributed by atoms with Crippen LogP contribution in [0.1, 0.15) is 34.6 Å². The van der Waals surface area contributed by atoms with Gasteiger partial charge < -0.3 is 5.11 Å². The van der Waals surface area contributed by atoms with Gasteiger partial charge in [0.15, 0.2) is 5.52 Å². The average molecular weight is 264 g/mol. The maximum atomic E-state index is 9.14. The molecule has 0 unspecified atom stereocenters. The molecule has 5 nitrogen and oxygen atoms in total. The summed E-state index contributed by atoms with van der Waals surface area (Å²) >= 11 is 0. The van der Waals surface area contributed by atoms with Gasteiger partial charge in [0.25, 0.3) is 0 Å². The van der Waals surface area contributed by atoms with E-state index in [2.05, 4.69) is 54.9 Å². The molecule has 0 aliphatic carbocycles. The van der Waals surface area contributed by atoms with Crippen molar-refractivity contribution in [2.24, 2.45) is 0 Å². The number of nitrogens with zero attached hydrogens (tertiary/aromatic N) is 3. The molecule has 0 atom stereocenters. The van der Waals surface area contributed by atoms with Gasteiger partial charge in [-0.15, -0.1) is 0 Å². The van der Waals surface area contributed by atoms with Crippen molar-refractivity contribution in [1.29, 1.82) is 0 Å². The van der Waals surface area contributed by atoms with E-state index in [4.69, 9.17) is 5.11 Å². The highest BCUT2D eigenvalue weighted by molar-refractivity contribution is 5.79. The van der Waals surface area contributed by atoms with Crippen molar-refractivity contribution >= 4 is 11.0 Å². The van der Waals surface area contributed by atoms with E-state index >= 15 is 0 Å². The molecule has 19 heavy (non-hydrogen) atoms. The van der Waals surface area contributed by atoms with Crippen LogP contribution >= 0.6 is 0 Å². The Kier molecular flexibility index (Phi) is 5.76. The summed E-state index contributed by atoms with van der Waals surface area (Å²) in [7, 11) is 0. The minimum absolute atomic E-state index is 0.159. The molecule has 106 valence electrons. The van der Waals surface area contributed by atoms with Gasteiger partial charge in [0.2, 0.25) is 0 Å². The molecular weight excluding hydrogens is 240 g/mol. The van der Waals surface area contributed by atoms with Crippen LogP contribution in [0.3, 0.4) is 0 Å². The molecule has 2 rings (SSSR count). The number of aromatic nitrogens is 3. The van der Waals surface area contributed by atoms with E-state index < -0.39 is 0 Å². The summed E-state index contributed by atoms with van der Waals surface area (Å²) in [4.78, 5) is 2.46. The molecule has 5 heteroatoms. The lowest BCUT2D eigenvalue weighted by molar-refractivity contribution is 0.185. The van der Waals surface area contributed by atoms with Gasteiger partial charge in [-0.25, -0.2) is 0 Å². The van der Waals surface area contributed by atoms with Crippen LogP contribution in [0, 0.1) is 0 Å². The molecule has 0 aliphatic rings. The van der Waals surface area contributed by atoms with Crippen molar-refractivity contribution in [2.45, 2.75) is 46.7 Å². The maximum absolute atomic E-state index is 9.14. The third-order valence-corrected chi connectivity index (χ3v) is 3.02. The molecule has 0 spiro atoms. The smallest absolute Gasteiger partial charge is 0.154 e. The van der Waals surface area contributed by atoms with Gasteiger partial charge in [0, 0.05) is 12.1 Å². The zero-order valence-electron chi connectivity index (χ0n) is 12.4. The van der Waals surface area contributed by atoms with Gasteiger partial charge in [0.1, 0.15) is 11.3 Å². The molecule has 0 radical (unpaired) electrons. The van der Waals surface area contributed by atoms with Crippen LogP contribution in [-0.4, -0.2) is 44.0 Å². The lowest BCUT2D eigenvalue weighted by Crippen LogP contribution is -2.36. The SMILES string of the molecule is CCN(C(C)C)C(C)C.Oc1cccc2n[nH]nc12. The molecule has 1 heterocycles. The summed E-state index contributed by atoms with van der Waals surface area (Å²) in [6.07, 6.45) is 0. The second-order valence-electron chi connectivity index (χ2n) is 4.99. The van der Waals surface area contributed by atoms with E-state index in [1.54, 1.807) is 18.2 Å². The Morgan fingerprint density at radius 2 is 1.79 bits per heavy atom. The Bertz CT molecular complexity index is 485. The Hall–Kier alpha value is -1.62. The fraction of sp³-hybridized carbons (Fsp3) is 0.571. The molecule has 2 aromatic rings. The number of phenols is 1. The van der Waals surface area contributed by atoms with Gasteiger partial charge in [-0.2, -0.15) is 15.4 Å². The highest BCUT2D eigenvalue weighted by Crippen LogP contribution is 2.18. The first-order chi connectivity index (χ1) is 8.97. The Morgan fingerprint density at radius 3 is 2.21 bits per heavy atom. The van der Waals surface area contributed by atoms with E-state index in [9.17, 15) is 0 Å². The number of hydrogen-bond acceptors (Lipinski definition) is 4. The number of hydrogen-bond donors (Lipinski definition) is 2. The van der Waals surface area contributed by atoms with Gasteiger partial charge in [-0.3, -0.25) is 4.90 Å². The predicted octanol–water partition coefficient (Wildman–Crippen LogP) is 2.79. The number of rotatable bonds is 3. The van der Waals surface area contributed by atoms with Crippen molar-refractivity contribution in [3.63, 3.8) is 0 Å². The minimum Gasteiger partial charge on any atom is -0.506 e. The van der Waals surface area contributed by atoms with E-state index in [0.717, 1.165) is 6.54 Å². The van der Waals surface area contributed by atoms with Crippen LogP contribution < -0.4 is 0 Å². The maximum Gasteiger partial charge on any atom is 0.154 e. The summed E-state index contributed by atoms with van der Waals surface area (Å²) in [5.41, 5.74) is 1.20. The van der Waals surface area contributed by atoms with Crippen molar-refractivity contribution in [3.8, 4) is 5.75 Å². The second-order valence-corrected chi connectivity index (χ2v) is 4.99. The summed E-state index contributed by atoms with van der Waals surface area (Å²) < 4.78 is 0. The zero-order chi connectivity index (χ0) is 14.4. The predicted molar refractivity (Wildman–Crippen MR) is 78.2 cm³/mol. The van der Waals surface area contributed by atoms with Crippen molar-refractivity contribution < 1.29 is 5.11 Å². The van der Waals surface area contributed by atoms with Gasteiger partial charge >= 0.3 is 0 Å². The molecular formula is C14H24N4O. The van der Waals surface area contributed by atoms with Crippen LogP contribution in [0.5, 0.6) is 5.75 Å². The number of aromatic amines is 1. The van der Waals surface area contributed by atoms with E-state index in [-0.39, 0.29) is 5.75 Å². The highest BCUT2D eigenvalue weighted by Gasteiger charge is 2.09. The molecule has 1 aromatic carbocycles. The normalized spacial score (nSPS) is 11.2. The van der Waals surface area contributed by atoms with Crippen molar-refractivity contribution in [1.82, 2.24) is 20.3 Å². The third kappa shape index (κ3) is 4.21. The van der Waals surface area contributed by atoms with Gasteiger partial charge in [-0.05, 0) is 46.4 Å². The topological polar surface area (TPSA) is 65.0 Å². The van der Waals surface area contributed by atoms with E-state index in [0.29, 0.717) is 23.1 Å². The lowest BCUT2D eigenvalue weighted by atomic mass is 10.2. The Balaban J connectivity index is 0.000000192. The molecule has 0 bridgehead atoms. The number of para-hydroxylation sites is 1. The van der Waals surface area contributed by atoms with Crippen LogP contribution in [0.2, 0.25) is 0 Å². The number of benzene rings is 1. The number of fused-ring (bicyclic) bond motifs is 1. The van der Waals surface area contributed by atoms with Crippen LogP contribution in [0.4, 0.5) is 0 Å². The van der Waals surface area contributed by atoms with Gasteiger partial charge in [-0.1, -0.05) is 13.0 Å². The van der Waals surface area contributed by atoms with Gasteiger partial charge in [0.05, 0.1) is 0 Å². The molecule has 0 saturated heterocycles. The molecule has 2 N–H and O–H groups in total. The number of nitrogens with one attached hydrogen (secondary N) is 1. The molecule has 0 fully saturated rings. The summed E-state index contributed by atoms with van der Waals surface area (Å²) in [5, 5.41) is 19.1. The van der Waals surface area contributed by atoms with Crippen molar-refractivity contribution in [3.05, 3.63) is 18.2 Å². The average Bonchev–Trinajstić information content (AvgIpc) is 2.79. The second kappa shape index (κ2) is 7.09. The Morgan fingerprint density at radius 1 is 1.16 bits per heavy atom. The first-order valence-corrected chi connectivity index (χ1v) is 6.71. The summed E-state index contributed by atoms with van der Waals surface area (Å²) in [5.74, 6) is 0.159. The number of H-pyrrole nitrogens is 1. The van der Waals surface area contributed by atoms with Crippen LogP contribution in [0.25, 0.3) is 11.0 Å². The molecule has 0 saturated carbocycles. The molecule has 0 aliphatic heterocycles. The fourth-order valence-electron chi connectivity index (χ4n) is 2.18. The number of aromatic hydroxyl groups is 1. The standard InChI is InChI=1S/C8H19N.C6H5N3O/c1-6-9(7(2)3)8(4)5;10-5-3-1-2-4-6(5)8-9-7-4/h7-8H,6H2,1-5H3;1-3,10H,(H,7,8,9). The number of phenolic OH excluding ortho intramolecular Hbond substituents is 1. The molecule has 0 amide bonds. The van der Waals surface area contributed by atoms with Crippen molar-refractivity contribution in [2.75, 3.05) is 6.54 Å². The third-order valence-electron chi connectivity index (χ3n) is 3.02. The van der Waals surface area contributed by atoms with Crippen LogP contribution in [0.15, 0.2) is 18.2 Å². The largest absolute Gasteiger partial charge is 0.506 e. The lowest BCUT2D eigenvalue weighted by Gasteiger charge is -2.28. The van der Waals surface area contributed by atoms with Crippen LogP contribution in [-0.2, 0) is 0 Å². The quantitative estimate of drug-likeness (QED) is 0.894. The molecule has 1 aromatic heterocycles. The monoisotopic (exact) mass is 264 g/mol. The summed E-state index contributed by atoms with van der Waals surface area (Å²) in [6.45, 7) is 12.3. The minimum atomic E-state index is 0.159. The van der Waals surface area contributed by atoms with E-state index in [1.807, 2.05) is 0 Å². The Labute approximate surface area is 114 Å². The zero-order valence-corrected chi connectivity index (χ0v) is 12.4. The fourth-order valence-corrected chi connectivity index (χ4v) is 2.18. The summed E-state index contributed by atoms with van der Waals surface area (Å²) in [6, 6.07) is 6.45.